The Hall–Kier alpha value is -2.44. The van der Waals surface area contributed by atoms with Gasteiger partial charge in [-0.3, -0.25) is 9.79 Å². The van der Waals surface area contributed by atoms with Crippen LogP contribution in [0.3, 0.4) is 0 Å². The van der Waals surface area contributed by atoms with E-state index in [9.17, 15) is 4.79 Å². The summed E-state index contributed by atoms with van der Waals surface area (Å²) in [5.74, 6) is 2.13. The highest BCUT2D eigenvalue weighted by molar-refractivity contribution is 5.93. The number of amides is 1. The molecule has 7 heteroatoms. The van der Waals surface area contributed by atoms with Gasteiger partial charge in [0.1, 0.15) is 0 Å². The molecule has 0 unspecified atom stereocenters. The van der Waals surface area contributed by atoms with Gasteiger partial charge in [0.25, 0.3) is 0 Å². The molecule has 0 atom stereocenters. The van der Waals surface area contributed by atoms with Crippen LogP contribution in [0.15, 0.2) is 23.2 Å². The summed E-state index contributed by atoms with van der Waals surface area (Å²) in [4.78, 5) is 16.2. The Balaban J connectivity index is 1.86. The van der Waals surface area contributed by atoms with E-state index in [-0.39, 0.29) is 5.91 Å². The maximum atomic E-state index is 11.7. The molecule has 1 aromatic rings. The molecule has 1 aliphatic carbocycles. The first-order valence-electron chi connectivity index (χ1n) is 8.73. The monoisotopic (exact) mass is 348 g/mol. The van der Waals surface area contributed by atoms with E-state index in [1.807, 2.05) is 25.1 Å². The van der Waals surface area contributed by atoms with Gasteiger partial charge in [0, 0.05) is 37.3 Å². The highest BCUT2D eigenvalue weighted by Gasteiger charge is 2.22. The van der Waals surface area contributed by atoms with Crippen LogP contribution in [0.2, 0.25) is 0 Å². The summed E-state index contributed by atoms with van der Waals surface area (Å²) < 4.78 is 10.6. The van der Waals surface area contributed by atoms with E-state index < -0.39 is 0 Å². The highest BCUT2D eigenvalue weighted by Crippen LogP contribution is 2.29. The van der Waals surface area contributed by atoms with Crippen molar-refractivity contribution < 1.29 is 14.3 Å². The van der Waals surface area contributed by atoms with Gasteiger partial charge < -0.3 is 25.4 Å². The number of rotatable bonds is 9. The number of methoxy groups -OCH3 is 2. The Kier molecular flexibility index (Phi) is 7.37. The molecule has 0 spiro atoms. The number of hydrogen-bond acceptors (Lipinski definition) is 4. The molecule has 0 bridgehead atoms. The number of guanidine groups is 1. The van der Waals surface area contributed by atoms with Crippen LogP contribution in [0.4, 0.5) is 5.69 Å². The van der Waals surface area contributed by atoms with Gasteiger partial charge in [-0.1, -0.05) is 0 Å². The van der Waals surface area contributed by atoms with Crippen molar-refractivity contribution in [3.63, 3.8) is 0 Å². The molecule has 0 radical (unpaired) electrons. The first-order valence-corrected chi connectivity index (χ1v) is 8.73. The Morgan fingerprint density at radius 2 is 2.00 bits per heavy atom. The van der Waals surface area contributed by atoms with Crippen molar-refractivity contribution in [3.8, 4) is 11.5 Å². The van der Waals surface area contributed by atoms with Gasteiger partial charge in [0.05, 0.1) is 14.2 Å². The van der Waals surface area contributed by atoms with E-state index in [0.717, 1.165) is 31.5 Å². The zero-order valence-corrected chi connectivity index (χ0v) is 15.2. The smallest absolute Gasteiger partial charge is 0.220 e. The van der Waals surface area contributed by atoms with Gasteiger partial charge in [-0.05, 0) is 38.3 Å². The van der Waals surface area contributed by atoms with Crippen molar-refractivity contribution in [2.24, 2.45) is 4.99 Å². The first-order chi connectivity index (χ1) is 12.2. The summed E-state index contributed by atoms with van der Waals surface area (Å²) in [5.41, 5.74) is 0.851. The SMILES string of the molecule is CCNC(=NCCCC(=O)NC1CC1)Nc1ccc(OC)c(OC)c1. The minimum atomic E-state index is 0.121. The molecule has 0 saturated heterocycles. The fourth-order valence-electron chi connectivity index (χ4n) is 2.32. The summed E-state index contributed by atoms with van der Waals surface area (Å²) in [6.07, 6.45) is 3.46. The molecule has 0 aromatic heterocycles. The predicted octanol–water partition coefficient (Wildman–Crippen LogP) is 2.14. The zero-order chi connectivity index (χ0) is 18.1. The number of carbonyl (C=O) groups excluding carboxylic acids is 1. The third kappa shape index (κ3) is 6.52. The lowest BCUT2D eigenvalue weighted by molar-refractivity contribution is -0.121. The van der Waals surface area contributed by atoms with Crippen molar-refractivity contribution in [2.75, 3.05) is 32.6 Å². The number of benzene rings is 1. The molecule has 1 amide bonds. The Bertz CT molecular complexity index is 600. The average molecular weight is 348 g/mol. The number of nitrogens with one attached hydrogen (secondary N) is 3. The summed E-state index contributed by atoms with van der Waals surface area (Å²) in [6, 6.07) is 6.01. The van der Waals surface area contributed by atoms with E-state index in [4.69, 9.17) is 9.47 Å². The number of hydrogen-bond donors (Lipinski definition) is 3. The van der Waals surface area contributed by atoms with Crippen LogP contribution in [-0.4, -0.2) is 45.2 Å². The molecule has 1 fully saturated rings. The fourth-order valence-corrected chi connectivity index (χ4v) is 2.32. The van der Waals surface area contributed by atoms with E-state index in [0.29, 0.717) is 36.5 Å². The minimum Gasteiger partial charge on any atom is -0.493 e. The Morgan fingerprint density at radius 1 is 1.24 bits per heavy atom. The van der Waals surface area contributed by atoms with Crippen molar-refractivity contribution in [3.05, 3.63) is 18.2 Å². The highest BCUT2D eigenvalue weighted by atomic mass is 16.5. The number of ether oxygens (including phenoxy) is 2. The number of anilines is 1. The Labute approximate surface area is 149 Å². The average Bonchev–Trinajstić information content (AvgIpc) is 3.42. The van der Waals surface area contributed by atoms with Gasteiger partial charge in [0.2, 0.25) is 5.91 Å². The van der Waals surface area contributed by atoms with Crippen LogP contribution >= 0.6 is 0 Å². The van der Waals surface area contributed by atoms with E-state index >= 15 is 0 Å². The van der Waals surface area contributed by atoms with Crippen molar-refractivity contribution >= 4 is 17.6 Å². The minimum absolute atomic E-state index is 0.121. The topological polar surface area (TPSA) is 84.0 Å². The van der Waals surface area contributed by atoms with Gasteiger partial charge in [-0.15, -0.1) is 0 Å². The van der Waals surface area contributed by atoms with Gasteiger partial charge in [0.15, 0.2) is 17.5 Å². The van der Waals surface area contributed by atoms with Crippen molar-refractivity contribution in [1.29, 1.82) is 0 Å². The summed E-state index contributed by atoms with van der Waals surface area (Å²) in [5, 5.41) is 9.42. The summed E-state index contributed by atoms with van der Waals surface area (Å²) >= 11 is 0. The quantitative estimate of drug-likeness (QED) is 0.362. The van der Waals surface area contributed by atoms with Gasteiger partial charge in [-0.25, -0.2) is 0 Å². The summed E-state index contributed by atoms with van der Waals surface area (Å²) in [7, 11) is 3.21. The molecule has 138 valence electrons. The maximum Gasteiger partial charge on any atom is 0.220 e. The van der Waals surface area contributed by atoms with Crippen LogP contribution in [0.1, 0.15) is 32.6 Å². The molecular formula is C18H28N4O3. The van der Waals surface area contributed by atoms with Crippen LogP contribution in [-0.2, 0) is 4.79 Å². The van der Waals surface area contributed by atoms with Crippen LogP contribution in [0.5, 0.6) is 11.5 Å². The largest absolute Gasteiger partial charge is 0.493 e. The normalized spacial score (nSPS) is 14.0. The van der Waals surface area contributed by atoms with Gasteiger partial charge in [-0.2, -0.15) is 0 Å². The summed E-state index contributed by atoms with van der Waals surface area (Å²) in [6.45, 7) is 3.34. The lowest BCUT2D eigenvalue weighted by Gasteiger charge is -2.13. The van der Waals surface area contributed by atoms with E-state index in [1.165, 1.54) is 0 Å². The molecule has 1 aromatic carbocycles. The number of aliphatic imine (C=N–C) groups is 1. The Morgan fingerprint density at radius 3 is 2.64 bits per heavy atom. The lowest BCUT2D eigenvalue weighted by atomic mass is 10.2. The third-order valence-electron chi connectivity index (χ3n) is 3.76. The molecule has 0 aliphatic heterocycles. The molecule has 1 aliphatic rings. The second-order valence-electron chi connectivity index (χ2n) is 5.90. The maximum absolute atomic E-state index is 11.7. The molecule has 25 heavy (non-hydrogen) atoms. The van der Waals surface area contributed by atoms with Gasteiger partial charge >= 0.3 is 0 Å². The molecular weight excluding hydrogens is 320 g/mol. The third-order valence-corrected chi connectivity index (χ3v) is 3.76. The second-order valence-corrected chi connectivity index (χ2v) is 5.90. The standard InChI is InChI=1S/C18H28N4O3/c1-4-19-18(20-11-5-6-17(23)21-13-7-8-13)22-14-9-10-15(24-2)16(12-14)25-3/h9-10,12-13H,4-8,11H2,1-3H3,(H,21,23)(H2,19,20,22). The van der Waals surface area contributed by atoms with Crippen LogP contribution in [0, 0.1) is 0 Å². The fraction of sp³-hybridized carbons (Fsp3) is 0.556. The zero-order valence-electron chi connectivity index (χ0n) is 15.2. The van der Waals surface area contributed by atoms with Crippen molar-refractivity contribution in [1.82, 2.24) is 10.6 Å². The molecule has 1 saturated carbocycles. The van der Waals surface area contributed by atoms with Crippen LogP contribution in [0.25, 0.3) is 0 Å². The number of nitrogens with zero attached hydrogens (tertiary/aromatic N) is 1. The molecule has 3 N–H and O–H groups in total. The van der Waals surface area contributed by atoms with Crippen LogP contribution < -0.4 is 25.4 Å². The first kappa shape index (κ1) is 18.9. The molecule has 0 heterocycles. The van der Waals surface area contributed by atoms with E-state index in [1.54, 1.807) is 14.2 Å². The van der Waals surface area contributed by atoms with E-state index in [2.05, 4.69) is 20.9 Å². The molecule has 7 nitrogen and oxygen atoms in total. The lowest BCUT2D eigenvalue weighted by Crippen LogP contribution is -2.31. The number of carbonyl (C=O) groups is 1. The van der Waals surface area contributed by atoms with Crippen molar-refractivity contribution in [2.45, 2.75) is 38.6 Å². The predicted molar refractivity (Wildman–Crippen MR) is 99.5 cm³/mol. The second kappa shape index (κ2) is 9.76. The molecule has 2 rings (SSSR count).